The number of ketones is 1. The molecule has 0 aliphatic rings. The molecule has 1 atom stereocenters. The summed E-state index contributed by atoms with van der Waals surface area (Å²) in [5.74, 6) is -1.29. The molecule has 0 saturated heterocycles. The number of halogens is 1. The molecule has 0 aromatic heterocycles. The number of carbonyl (C=O) groups excluding carboxylic acids is 3. The average Bonchev–Trinajstić information content (AvgIpc) is 2.66. The highest BCUT2D eigenvalue weighted by Gasteiger charge is 2.16. The summed E-state index contributed by atoms with van der Waals surface area (Å²) in [6, 6.07) is 12.3. The number of aryl methyl sites for hydroxylation is 1. The smallest absolute Gasteiger partial charge is 0.279 e. The number of rotatable bonds is 7. The van der Waals surface area contributed by atoms with E-state index in [1.165, 1.54) is 31.2 Å². The molecule has 0 bridgehead atoms. The fourth-order valence-electron chi connectivity index (χ4n) is 2.18. The molecular formula is C20H21FN2O4. The van der Waals surface area contributed by atoms with E-state index in [2.05, 4.69) is 10.9 Å². The first kappa shape index (κ1) is 20.1. The number of amides is 2. The first-order chi connectivity index (χ1) is 12.8. The Kier molecular flexibility index (Phi) is 7.05. The maximum Gasteiger partial charge on any atom is 0.279 e. The van der Waals surface area contributed by atoms with Gasteiger partial charge in [-0.1, -0.05) is 29.8 Å². The molecule has 0 radical (unpaired) electrons. The van der Waals surface area contributed by atoms with Crippen LogP contribution in [0.15, 0.2) is 48.5 Å². The first-order valence-electron chi connectivity index (χ1n) is 8.46. The van der Waals surface area contributed by atoms with Crippen molar-refractivity contribution in [1.29, 1.82) is 0 Å². The summed E-state index contributed by atoms with van der Waals surface area (Å²) in [5, 5.41) is 0. The van der Waals surface area contributed by atoms with Gasteiger partial charge in [-0.2, -0.15) is 0 Å². The van der Waals surface area contributed by atoms with Gasteiger partial charge in [0.25, 0.3) is 5.91 Å². The zero-order valence-electron chi connectivity index (χ0n) is 15.1. The second-order valence-electron chi connectivity index (χ2n) is 6.04. The van der Waals surface area contributed by atoms with Gasteiger partial charge in [-0.3, -0.25) is 25.2 Å². The molecule has 0 saturated carbocycles. The van der Waals surface area contributed by atoms with Gasteiger partial charge in [-0.25, -0.2) is 4.39 Å². The van der Waals surface area contributed by atoms with Gasteiger partial charge in [-0.15, -0.1) is 0 Å². The molecule has 142 valence electrons. The Bertz CT molecular complexity index is 804. The van der Waals surface area contributed by atoms with E-state index < -0.39 is 23.7 Å². The second-order valence-corrected chi connectivity index (χ2v) is 6.04. The molecule has 0 aliphatic carbocycles. The maximum absolute atomic E-state index is 12.8. The van der Waals surface area contributed by atoms with E-state index in [9.17, 15) is 18.8 Å². The normalized spacial score (nSPS) is 11.4. The van der Waals surface area contributed by atoms with Crippen molar-refractivity contribution in [3.8, 4) is 5.75 Å². The monoisotopic (exact) mass is 372 g/mol. The van der Waals surface area contributed by atoms with Crippen molar-refractivity contribution in [2.24, 2.45) is 0 Å². The van der Waals surface area contributed by atoms with Crippen LogP contribution in [0.5, 0.6) is 5.75 Å². The lowest BCUT2D eigenvalue weighted by Crippen LogP contribution is -2.47. The van der Waals surface area contributed by atoms with Crippen molar-refractivity contribution in [2.75, 3.05) is 0 Å². The fourth-order valence-corrected chi connectivity index (χ4v) is 2.18. The van der Waals surface area contributed by atoms with Gasteiger partial charge in [-0.05, 0) is 38.1 Å². The lowest BCUT2D eigenvalue weighted by molar-refractivity contribution is -0.132. The number of hydrogen-bond donors (Lipinski definition) is 2. The Morgan fingerprint density at radius 1 is 0.963 bits per heavy atom. The van der Waals surface area contributed by atoms with Crippen LogP contribution in [0, 0.1) is 12.7 Å². The molecule has 1 unspecified atom stereocenters. The van der Waals surface area contributed by atoms with Gasteiger partial charge in [0.1, 0.15) is 11.6 Å². The molecule has 2 N–H and O–H groups in total. The van der Waals surface area contributed by atoms with Crippen LogP contribution in [0.25, 0.3) is 0 Å². The molecule has 6 nitrogen and oxygen atoms in total. The Morgan fingerprint density at radius 3 is 2.22 bits per heavy atom. The van der Waals surface area contributed by atoms with Crippen molar-refractivity contribution in [1.82, 2.24) is 10.9 Å². The predicted octanol–water partition coefficient (Wildman–Crippen LogP) is 2.71. The van der Waals surface area contributed by atoms with E-state index in [1.807, 2.05) is 19.1 Å². The fraction of sp³-hybridized carbons (Fsp3) is 0.250. The topological polar surface area (TPSA) is 84.5 Å². The van der Waals surface area contributed by atoms with Crippen LogP contribution in [0.3, 0.4) is 0 Å². The third-order valence-electron chi connectivity index (χ3n) is 3.77. The molecule has 2 amide bonds. The van der Waals surface area contributed by atoms with E-state index >= 15 is 0 Å². The minimum Gasteiger partial charge on any atom is -0.481 e. The van der Waals surface area contributed by atoms with Crippen molar-refractivity contribution >= 4 is 17.6 Å². The van der Waals surface area contributed by atoms with E-state index in [-0.39, 0.29) is 18.6 Å². The molecule has 0 spiro atoms. The van der Waals surface area contributed by atoms with Crippen molar-refractivity contribution in [3.63, 3.8) is 0 Å². The van der Waals surface area contributed by atoms with Crippen LogP contribution in [0.4, 0.5) is 4.39 Å². The molecule has 2 rings (SSSR count). The minimum absolute atomic E-state index is 0.0341. The Morgan fingerprint density at radius 2 is 1.59 bits per heavy atom. The zero-order valence-corrected chi connectivity index (χ0v) is 15.1. The summed E-state index contributed by atoms with van der Waals surface area (Å²) < 4.78 is 18.2. The summed E-state index contributed by atoms with van der Waals surface area (Å²) in [6.45, 7) is 3.41. The molecule has 2 aromatic carbocycles. The highest BCUT2D eigenvalue weighted by atomic mass is 19.1. The summed E-state index contributed by atoms with van der Waals surface area (Å²) in [6.07, 6.45) is -0.919. The number of Topliss-reactive ketones (excluding diaryl/α,β-unsaturated/α-hetero) is 1. The second kappa shape index (κ2) is 9.47. The molecule has 2 aromatic rings. The molecule has 27 heavy (non-hydrogen) atoms. The summed E-state index contributed by atoms with van der Waals surface area (Å²) in [7, 11) is 0. The van der Waals surface area contributed by atoms with Crippen molar-refractivity contribution in [2.45, 2.75) is 32.8 Å². The number of hydrazine groups is 1. The Labute approximate surface area is 156 Å². The molecule has 0 fully saturated rings. The number of ether oxygens (including phenoxy) is 1. The van der Waals surface area contributed by atoms with E-state index in [1.54, 1.807) is 12.1 Å². The first-order valence-corrected chi connectivity index (χ1v) is 8.46. The van der Waals surface area contributed by atoms with Gasteiger partial charge in [0.05, 0.1) is 0 Å². The van der Waals surface area contributed by atoms with Gasteiger partial charge >= 0.3 is 0 Å². The third-order valence-corrected chi connectivity index (χ3v) is 3.77. The summed E-state index contributed by atoms with van der Waals surface area (Å²) >= 11 is 0. The molecular weight excluding hydrogens is 351 g/mol. The number of benzene rings is 2. The van der Waals surface area contributed by atoms with Crippen molar-refractivity contribution in [3.05, 3.63) is 65.5 Å². The predicted molar refractivity (Wildman–Crippen MR) is 97.5 cm³/mol. The lowest BCUT2D eigenvalue weighted by atomic mass is 10.1. The highest BCUT2D eigenvalue weighted by molar-refractivity contribution is 5.98. The van der Waals surface area contributed by atoms with Gasteiger partial charge in [0.2, 0.25) is 5.91 Å². The number of carbonyl (C=O) groups is 3. The standard InChI is InChI=1S/C20H21FN2O4/c1-13-3-5-15(6-4-13)18(24)11-12-19(25)22-23-20(26)14(2)27-17-9-7-16(21)8-10-17/h3-10,14H,11-12H2,1-2H3,(H,22,25)(H,23,26). The molecule has 0 heterocycles. The van der Waals surface area contributed by atoms with Crippen LogP contribution in [-0.2, 0) is 9.59 Å². The lowest BCUT2D eigenvalue weighted by Gasteiger charge is -2.15. The SMILES string of the molecule is Cc1ccc(C(=O)CCC(=O)NNC(=O)C(C)Oc2ccc(F)cc2)cc1. The molecule has 7 heteroatoms. The van der Waals surface area contributed by atoms with Crippen molar-refractivity contribution < 1.29 is 23.5 Å². The minimum atomic E-state index is -0.898. The molecule has 0 aliphatic heterocycles. The van der Waals surface area contributed by atoms with Crippen LogP contribution >= 0.6 is 0 Å². The highest BCUT2D eigenvalue weighted by Crippen LogP contribution is 2.13. The third kappa shape index (κ3) is 6.54. The number of nitrogens with one attached hydrogen (secondary N) is 2. The van der Waals surface area contributed by atoms with E-state index in [4.69, 9.17) is 4.74 Å². The maximum atomic E-state index is 12.8. The van der Waals surface area contributed by atoms with Crippen LogP contribution in [0.1, 0.15) is 35.7 Å². The van der Waals surface area contributed by atoms with Crippen LogP contribution in [0.2, 0.25) is 0 Å². The Hall–Kier alpha value is -3.22. The average molecular weight is 372 g/mol. The van der Waals surface area contributed by atoms with Gasteiger partial charge in [0, 0.05) is 18.4 Å². The largest absolute Gasteiger partial charge is 0.481 e. The van der Waals surface area contributed by atoms with Gasteiger partial charge < -0.3 is 4.74 Å². The van der Waals surface area contributed by atoms with E-state index in [0.717, 1.165) is 5.56 Å². The van der Waals surface area contributed by atoms with E-state index in [0.29, 0.717) is 11.3 Å². The zero-order chi connectivity index (χ0) is 19.8. The Balaban J connectivity index is 1.72. The van der Waals surface area contributed by atoms with Crippen LogP contribution < -0.4 is 15.6 Å². The number of hydrogen-bond acceptors (Lipinski definition) is 4. The van der Waals surface area contributed by atoms with Gasteiger partial charge in [0.15, 0.2) is 11.9 Å². The quantitative estimate of drug-likeness (QED) is 0.578. The summed E-state index contributed by atoms with van der Waals surface area (Å²) in [5.41, 5.74) is 6.07. The summed E-state index contributed by atoms with van der Waals surface area (Å²) in [4.78, 5) is 35.7. The van der Waals surface area contributed by atoms with Crippen LogP contribution in [-0.4, -0.2) is 23.7 Å².